The first-order chi connectivity index (χ1) is 12.1. The van der Waals surface area contributed by atoms with Crippen LogP contribution in [0.15, 0.2) is 48.5 Å². The number of anilines is 1. The van der Waals surface area contributed by atoms with Crippen molar-refractivity contribution in [3.63, 3.8) is 0 Å². The Morgan fingerprint density at radius 1 is 1.04 bits per heavy atom. The van der Waals surface area contributed by atoms with Crippen LogP contribution < -0.4 is 10.6 Å². The summed E-state index contributed by atoms with van der Waals surface area (Å²) >= 11 is 1.33. The molecule has 0 bridgehead atoms. The number of carbonyl (C=O) groups is 1. The van der Waals surface area contributed by atoms with Crippen LogP contribution >= 0.6 is 11.5 Å². The number of aromatic nitrogens is 2. The Bertz CT molecular complexity index is 858. The molecule has 128 valence electrons. The molecule has 25 heavy (non-hydrogen) atoms. The summed E-state index contributed by atoms with van der Waals surface area (Å²) in [5.74, 6) is 0.686. The maximum Gasteiger partial charge on any atom is 0.251 e. The Balaban J connectivity index is 1.58. The van der Waals surface area contributed by atoms with E-state index < -0.39 is 0 Å². The van der Waals surface area contributed by atoms with Crippen molar-refractivity contribution in [1.82, 2.24) is 14.7 Å². The third-order valence-corrected chi connectivity index (χ3v) is 4.50. The number of nitrogens with one attached hydrogen (secondary N) is 2. The maximum atomic E-state index is 12.4. The highest BCUT2D eigenvalue weighted by atomic mass is 32.1. The average Bonchev–Trinajstić information content (AvgIpc) is 3.05. The van der Waals surface area contributed by atoms with Gasteiger partial charge in [0.2, 0.25) is 5.13 Å². The largest absolute Gasteiger partial charge is 0.356 e. The normalized spacial score (nSPS) is 10.5. The Hall–Kier alpha value is -2.73. The number of aryl methyl sites for hydroxylation is 2. The molecule has 0 aliphatic heterocycles. The lowest BCUT2D eigenvalue weighted by atomic mass is 10.1. The summed E-state index contributed by atoms with van der Waals surface area (Å²) in [4.78, 5) is 16.6. The minimum Gasteiger partial charge on any atom is -0.356 e. The summed E-state index contributed by atoms with van der Waals surface area (Å²) < 4.78 is 4.14. The Kier molecular flexibility index (Phi) is 5.40. The molecule has 0 saturated heterocycles. The van der Waals surface area contributed by atoms with E-state index in [9.17, 15) is 4.79 Å². The smallest absolute Gasteiger partial charge is 0.251 e. The van der Waals surface area contributed by atoms with E-state index in [4.69, 9.17) is 0 Å². The summed E-state index contributed by atoms with van der Waals surface area (Å²) in [6.07, 6.45) is 0. The molecule has 0 aliphatic rings. The van der Waals surface area contributed by atoms with Crippen LogP contribution in [0, 0.1) is 13.8 Å². The summed E-state index contributed by atoms with van der Waals surface area (Å²) in [7, 11) is 0. The number of nitrogens with zero attached hydrogens (tertiary/aromatic N) is 2. The van der Waals surface area contributed by atoms with Crippen LogP contribution in [0.4, 0.5) is 5.13 Å². The summed E-state index contributed by atoms with van der Waals surface area (Å²) in [5, 5.41) is 6.97. The molecule has 2 N–H and O–H groups in total. The predicted octanol–water partition coefficient (Wildman–Crippen LogP) is 3.70. The predicted molar refractivity (Wildman–Crippen MR) is 101 cm³/mol. The van der Waals surface area contributed by atoms with E-state index in [0.717, 1.165) is 22.1 Å². The van der Waals surface area contributed by atoms with E-state index >= 15 is 0 Å². The second-order valence-electron chi connectivity index (χ2n) is 5.87. The fraction of sp³-hybridized carbons (Fsp3) is 0.211. The van der Waals surface area contributed by atoms with Gasteiger partial charge in [0.25, 0.3) is 5.91 Å². The highest BCUT2D eigenvalue weighted by Crippen LogP contribution is 2.13. The minimum atomic E-state index is -0.0748. The van der Waals surface area contributed by atoms with Gasteiger partial charge in [-0.25, -0.2) is 4.98 Å². The van der Waals surface area contributed by atoms with E-state index in [0.29, 0.717) is 18.7 Å². The Labute approximate surface area is 151 Å². The fourth-order valence-electron chi connectivity index (χ4n) is 2.36. The molecule has 0 unspecified atom stereocenters. The molecule has 5 nitrogen and oxygen atoms in total. The van der Waals surface area contributed by atoms with Gasteiger partial charge in [0.15, 0.2) is 0 Å². The van der Waals surface area contributed by atoms with Crippen molar-refractivity contribution in [2.45, 2.75) is 26.9 Å². The first kappa shape index (κ1) is 17.1. The zero-order valence-electron chi connectivity index (χ0n) is 14.2. The molecule has 0 saturated carbocycles. The highest BCUT2D eigenvalue weighted by Gasteiger charge is 2.07. The molecule has 6 heteroatoms. The number of hydrogen-bond donors (Lipinski definition) is 2. The molecule has 0 aliphatic carbocycles. The van der Waals surface area contributed by atoms with Crippen LogP contribution in [0.5, 0.6) is 0 Å². The van der Waals surface area contributed by atoms with Crippen molar-refractivity contribution in [2.75, 3.05) is 5.32 Å². The van der Waals surface area contributed by atoms with E-state index in [1.807, 2.05) is 62.4 Å². The van der Waals surface area contributed by atoms with Crippen molar-refractivity contribution in [3.8, 4) is 0 Å². The first-order valence-corrected chi connectivity index (χ1v) is 8.84. The van der Waals surface area contributed by atoms with Crippen LogP contribution in [-0.2, 0) is 13.1 Å². The topological polar surface area (TPSA) is 66.9 Å². The Morgan fingerprint density at radius 2 is 1.84 bits per heavy atom. The van der Waals surface area contributed by atoms with E-state index in [1.165, 1.54) is 17.1 Å². The van der Waals surface area contributed by atoms with Crippen LogP contribution in [0.2, 0.25) is 0 Å². The molecule has 1 amide bonds. The molecule has 1 aromatic heterocycles. The molecule has 0 fully saturated rings. The van der Waals surface area contributed by atoms with Crippen LogP contribution in [0.25, 0.3) is 0 Å². The lowest BCUT2D eigenvalue weighted by molar-refractivity contribution is 0.0951. The van der Waals surface area contributed by atoms with Crippen molar-refractivity contribution in [2.24, 2.45) is 0 Å². The minimum absolute atomic E-state index is 0.0748. The van der Waals surface area contributed by atoms with Crippen LogP contribution in [0.1, 0.15) is 32.9 Å². The lowest BCUT2D eigenvalue weighted by Crippen LogP contribution is -2.22. The molecule has 0 atom stereocenters. The zero-order chi connectivity index (χ0) is 17.6. The van der Waals surface area contributed by atoms with Gasteiger partial charge in [0.1, 0.15) is 5.82 Å². The standard InChI is InChI=1S/C19H20N4OS/c1-13-6-8-15(9-7-13)11-20-18(24)17-5-3-4-16(10-17)12-21-19-22-14(2)23-25-19/h3-10H,11-12H2,1-2H3,(H,20,24)(H,21,22,23). The van der Waals surface area contributed by atoms with Crippen molar-refractivity contribution in [3.05, 3.63) is 76.6 Å². The van der Waals surface area contributed by atoms with Crippen LogP contribution in [0.3, 0.4) is 0 Å². The van der Waals surface area contributed by atoms with Crippen molar-refractivity contribution >= 4 is 22.6 Å². The molecule has 0 radical (unpaired) electrons. The maximum absolute atomic E-state index is 12.4. The number of benzene rings is 2. The third kappa shape index (κ3) is 4.87. The lowest BCUT2D eigenvalue weighted by Gasteiger charge is -2.08. The van der Waals surface area contributed by atoms with E-state index in [-0.39, 0.29) is 5.91 Å². The molecule has 3 rings (SSSR count). The summed E-state index contributed by atoms with van der Waals surface area (Å²) in [6.45, 7) is 5.03. The molecular formula is C19H20N4OS. The first-order valence-electron chi connectivity index (χ1n) is 8.07. The van der Waals surface area contributed by atoms with Gasteiger partial charge in [0.05, 0.1) is 0 Å². The second-order valence-corrected chi connectivity index (χ2v) is 6.62. The Morgan fingerprint density at radius 3 is 2.56 bits per heavy atom. The summed E-state index contributed by atoms with van der Waals surface area (Å²) in [6, 6.07) is 15.7. The van der Waals surface area contributed by atoms with Crippen LogP contribution in [-0.4, -0.2) is 15.3 Å². The second kappa shape index (κ2) is 7.90. The summed E-state index contributed by atoms with van der Waals surface area (Å²) in [5.41, 5.74) is 3.97. The number of hydrogen-bond acceptors (Lipinski definition) is 5. The number of carbonyl (C=O) groups excluding carboxylic acids is 1. The van der Waals surface area contributed by atoms with Crippen molar-refractivity contribution in [1.29, 1.82) is 0 Å². The molecule has 3 aromatic rings. The average molecular weight is 352 g/mol. The van der Waals surface area contributed by atoms with Gasteiger partial charge in [-0.1, -0.05) is 42.0 Å². The SMILES string of the molecule is Cc1ccc(CNC(=O)c2cccc(CNc3nc(C)ns3)c2)cc1. The fourth-order valence-corrected chi connectivity index (χ4v) is 2.93. The molecule has 2 aromatic carbocycles. The third-order valence-electron chi connectivity index (χ3n) is 3.73. The van der Waals surface area contributed by atoms with Gasteiger partial charge in [-0.3, -0.25) is 4.79 Å². The van der Waals surface area contributed by atoms with Gasteiger partial charge in [-0.05, 0) is 37.1 Å². The molecular weight excluding hydrogens is 332 g/mol. The van der Waals surface area contributed by atoms with Gasteiger partial charge in [-0.2, -0.15) is 4.37 Å². The van der Waals surface area contributed by atoms with E-state index in [2.05, 4.69) is 20.0 Å². The van der Waals surface area contributed by atoms with Gasteiger partial charge in [-0.15, -0.1) is 0 Å². The molecule has 0 spiro atoms. The van der Waals surface area contributed by atoms with E-state index in [1.54, 1.807) is 0 Å². The zero-order valence-corrected chi connectivity index (χ0v) is 15.1. The quantitative estimate of drug-likeness (QED) is 0.710. The van der Waals surface area contributed by atoms with Gasteiger partial charge >= 0.3 is 0 Å². The monoisotopic (exact) mass is 352 g/mol. The van der Waals surface area contributed by atoms with Gasteiger partial charge in [0, 0.05) is 30.2 Å². The van der Waals surface area contributed by atoms with Gasteiger partial charge < -0.3 is 10.6 Å². The number of amides is 1. The van der Waals surface area contributed by atoms with Crippen molar-refractivity contribution < 1.29 is 4.79 Å². The molecule has 1 heterocycles. The number of rotatable bonds is 6. The highest BCUT2D eigenvalue weighted by molar-refractivity contribution is 7.09.